The minimum Gasteiger partial charge on any atom is -0.469 e. The van der Waals surface area contributed by atoms with Gasteiger partial charge in [-0.15, -0.1) is 0 Å². The summed E-state index contributed by atoms with van der Waals surface area (Å²) in [7, 11) is 1.44. The van der Waals surface area contributed by atoms with Crippen molar-refractivity contribution in [3.63, 3.8) is 0 Å². The zero-order valence-electron chi connectivity index (χ0n) is 20.4. The van der Waals surface area contributed by atoms with E-state index in [1.807, 2.05) is 6.08 Å². The highest BCUT2D eigenvalue weighted by molar-refractivity contribution is 5.97. The second-order valence-electron chi connectivity index (χ2n) is 11.4. The molecule has 4 rings (SSSR count). The lowest BCUT2D eigenvalue weighted by Gasteiger charge is -2.56. The molecule has 0 saturated heterocycles. The molecule has 5 heteroatoms. The Balaban J connectivity index is 1.56. The molecule has 0 amide bonds. The zero-order valence-corrected chi connectivity index (χ0v) is 20.4. The first kappa shape index (κ1) is 23.5. The van der Waals surface area contributed by atoms with Crippen LogP contribution in [-0.2, 0) is 23.9 Å². The van der Waals surface area contributed by atoms with Crippen LogP contribution in [0.2, 0.25) is 0 Å². The Bertz CT molecular complexity index is 815. The molecule has 0 aliphatic heterocycles. The number of methoxy groups -OCH3 is 1. The summed E-state index contributed by atoms with van der Waals surface area (Å²) in [5.41, 5.74) is 1.12. The van der Waals surface area contributed by atoms with Crippen LogP contribution in [0.3, 0.4) is 0 Å². The van der Waals surface area contributed by atoms with Crippen molar-refractivity contribution in [1.82, 2.24) is 0 Å². The summed E-state index contributed by atoms with van der Waals surface area (Å²) in [4.78, 5) is 36.9. The first-order valence-electron chi connectivity index (χ1n) is 12.6. The van der Waals surface area contributed by atoms with E-state index >= 15 is 0 Å². The van der Waals surface area contributed by atoms with Crippen LogP contribution >= 0.6 is 0 Å². The lowest BCUT2D eigenvalue weighted by atomic mass is 9.48. The first-order chi connectivity index (χ1) is 15.1. The molecule has 1 unspecified atom stereocenters. The molecule has 0 spiro atoms. The molecule has 5 nitrogen and oxygen atoms in total. The zero-order chi connectivity index (χ0) is 23.3. The number of fused-ring (bicyclic) bond motifs is 5. The molecule has 3 saturated carbocycles. The SMILES string of the molecule is COC(=O)CC[C@@H](C)C1CC[C@H]2[C@@H]3CC[C@@H]4C[C@H](OC(C)=O)CC[C@]4(C)C3=CC(=O)[C@]12C. The Morgan fingerprint density at radius 1 is 1.16 bits per heavy atom. The highest BCUT2D eigenvalue weighted by Crippen LogP contribution is 2.65. The van der Waals surface area contributed by atoms with Crippen LogP contribution in [0.5, 0.6) is 0 Å². The Hall–Kier alpha value is -1.65. The number of carbonyl (C=O) groups is 3. The lowest BCUT2D eigenvalue weighted by molar-refractivity contribution is -0.151. The summed E-state index contributed by atoms with van der Waals surface area (Å²) >= 11 is 0. The van der Waals surface area contributed by atoms with Crippen LogP contribution in [0.1, 0.15) is 85.5 Å². The number of ketones is 1. The Kier molecular flexibility index (Phi) is 6.32. The Labute approximate surface area is 192 Å². The van der Waals surface area contributed by atoms with Gasteiger partial charge in [0, 0.05) is 18.8 Å². The Morgan fingerprint density at radius 2 is 1.91 bits per heavy atom. The van der Waals surface area contributed by atoms with E-state index in [0.717, 1.165) is 51.4 Å². The number of allylic oxidation sites excluding steroid dienone is 2. The van der Waals surface area contributed by atoms with Gasteiger partial charge in [-0.25, -0.2) is 0 Å². The predicted octanol–water partition coefficient (Wildman–Crippen LogP) is 5.27. The fraction of sp³-hybridized carbons (Fsp3) is 0.815. The second-order valence-corrected chi connectivity index (χ2v) is 11.4. The molecule has 3 fully saturated rings. The summed E-state index contributed by atoms with van der Waals surface area (Å²) in [6, 6.07) is 0. The van der Waals surface area contributed by atoms with E-state index in [1.165, 1.54) is 19.6 Å². The summed E-state index contributed by atoms with van der Waals surface area (Å²) in [6.07, 6.45) is 10.5. The van der Waals surface area contributed by atoms with Gasteiger partial charge in [0.25, 0.3) is 0 Å². The molecule has 8 atom stereocenters. The third kappa shape index (κ3) is 3.74. The minimum absolute atomic E-state index is 0.0267. The van der Waals surface area contributed by atoms with Gasteiger partial charge >= 0.3 is 11.9 Å². The molecule has 0 aromatic carbocycles. The molecular weight excluding hydrogens is 404 g/mol. The normalized spacial score (nSPS) is 41.6. The largest absolute Gasteiger partial charge is 0.469 e. The maximum absolute atomic E-state index is 13.8. The fourth-order valence-corrected chi connectivity index (χ4v) is 8.21. The van der Waals surface area contributed by atoms with E-state index in [0.29, 0.717) is 41.8 Å². The summed E-state index contributed by atoms with van der Waals surface area (Å²) in [5, 5.41) is 0. The van der Waals surface area contributed by atoms with Crippen molar-refractivity contribution in [1.29, 1.82) is 0 Å². The fourth-order valence-electron chi connectivity index (χ4n) is 8.21. The van der Waals surface area contributed by atoms with Crippen LogP contribution in [0.25, 0.3) is 0 Å². The summed E-state index contributed by atoms with van der Waals surface area (Å²) in [5.74, 6) is 1.99. The highest BCUT2D eigenvalue weighted by atomic mass is 16.5. The van der Waals surface area contributed by atoms with E-state index in [4.69, 9.17) is 9.47 Å². The maximum Gasteiger partial charge on any atom is 0.305 e. The van der Waals surface area contributed by atoms with Gasteiger partial charge in [-0.2, -0.15) is 0 Å². The minimum atomic E-state index is -0.318. The van der Waals surface area contributed by atoms with Crippen molar-refractivity contribution >= 4 is 17.7 Å². The van der Waals surface area contributed by atoms with E-state index in [9.17, 15) is 14.4 Å². The van der Waals surface area contributed by atoms with Gasteiger partial charge < -0.3 is 9.47 Å². The maximum atomic E-state index is 13.8. The van der Waals surface area contributed by atoms with Gasteiger partial charge in [0.1, 0.15) is 6.10 Å². The molecule has 0 N–H and O–H groups in total. The third-order valence-electron chi connectivity index (χ3n) is 10.0. The van der Waals surface area contributed by atoms with Crippen molar-refractivity contribution in [3.05, 3.63) is 11.6 Å². The number of rotatable bonds is 5. The van der Waals surface area contributed by atoms with E-state index in [-0.39, 0.29) is 28.9 Å². The van der Waals surface area contributed by atoms with Crippen molar-refractivity contribution in [2.45, 2.75) is 91.6 Å². The van der Waals surface area contributed by atoms with Gasteiger partial charge in [0.05, 0.1) is 7.11 Å². The molecular formula is C27H40O5. The van der Waals surface area contributed by atoms with Crippen LogP contribution < -0.4 is 0 Å². The average Bonchev–Trinajstić information content (AvgIpc) is 3.11. The molecule has 0 bridgehead atoms. The van der Waals surface area contributed by atoms with Gasteiger partial charge in [-0.05, 0) is 92.4 Å². The van der Waals surface area contributed by atoms with Gasteiger partial charge in [0.2, 0.25) is 0 Å². The molecule has 4 aliphatic rings. The van der Waals surface area contributed by atoms with E-state index in [1.54, 1.807) is 0 Å². The van der Waals surface area contributed by atoms with Crippen molar-refractivity contribution < 1.29 is 23.9 Å². The standard InChI is InChI=1S/C27H40O5/c1-16(6-11-25(30)31-5)21-9-10-22-20-8-7-18-14-19(32-17(2)28)12-13-26(18,3)23(20)15-24(29)27(21,22)4/h15-16,18-22H,6-14H2,1-5H3/t16-,18-,19-,20+,21?,22+,26+,27-/m1/s1. The molecule has 178 valence electrons. The van der Waals surface area contributed by atoms with Gasteiger partial charge in [-0.1, -0.05) is 26.3 Å². The molecule has 0 aromatic heterocycles. The van der Waals surface area contributed by atoms with Crippen molar-refractivity contribution in [2.24, 2.45) is 40.4 Å². The molecule has 32 heavy (non-hydrogen) atoms. The summed E-state index contributed by atoms with van der Waals surface area (Å²) < 4.78 is 10.4. The quantitative estimate of drug-likeness (QED) is 0.541. The molecule has 4 aliphatic carbocycles. The monoisotopic (exact) mass is 444 g/mol. The lowest BCUT2D eigenvalue weighted by Crippen LogP contribution is -2.52. The number of hydrogen-bond donors (Lipinski definition) is 0. The number of esters is 2. The van der Waals surface area contributed by atoms with E-state index in [2.05, 4.69) is 20.8 Å². The van der Waals surface area contributed by atoms with E-state index < -0.39 is 0 Å². The van der Waals surface area contributed by atoms with Crippen LogP contribution in [0, 0.1) is 40.4 Å². The van der Waals surface area contributed by atoms with Gasteiger partial charge in [-0.3, -0.25) is 14.4 Å². The Morgan fingerprint density at radius 3 is 2.59 bits per heavy atom. The average molecular weight is 445 g/mol. The topological polar surface area (TPSA) is 69.7 Å². The molecule has 0 heterocycles. The third-order valence-corrected chi connectivity index (χ3v) is 10.0. The number of hydrogen-bond acceptors (Lipinski definition) is 5. The smallest absolute Gasteiger partial charge is 0.305 e. The highest BCUT2D eigenvalue weighted by Gasteiger charge is 2.61. The number of carbonyl (C=O) groups excluding carboxylic acids is 3. The van der Waals surface area contributed by atoms with Crippen LogP contribution in [0.4, 0.5) is 0 Å². The predicted molar refractivity (Wildman–Crippen MR) is 122 cm³/mol. The van der Waals surface area contributed by atoms with Crippen LogP contribution in [-0.4, -0.2) is 30.9 Å². The van der Waals surface area contributed by atoms with Gasteiger partial charge in [0.15, 0.2) is 5.78 Å². The molecule has 0 radical (unpaired) electrons. The first-order valence-corrected chi connectivity index (χ1v) is 12.6. The second kappa shape index (κ2) is 8.61. The molecule has 0 aromatic rings. The van der Waals surface area contributed by atoms with Crippen LogP contribution in [0.15, 0.2) is 11.6 Å². The van der Waals surface area contributed by atoms with Crippen molar-refractivity contribution in [3.8, 4) is 0 Å². The van der Waals surface area contributed by atoms with Crippen molar-refractivity contribution in [2.75, 3.05) is 7.11 Å². The number of ether oxygens (including phenoxy) is 2. The summed E-state index contributed by atoms with van der Waals surface area (Å²) in [6.45, 7) is 8.28.